The van der Waals surface area contributed by atoms with E-state index in [0.29, 0.717) is 13.1 Å². The molecule has 0 spiro atoms. The van der Waals surface area contributed by atoms with Crippen LogP contribution < -0.4 is 5.32 Å². The van der Waals surface area contributed by atoms with Gasteiger partial charge in [-0.2, -0.15) is 0 Å². The first-order valence-corrected chi connectivity index (χ1v) is 4.12. The molecule has 0 aliphatic carbocycles. The van der Waals surface area contributed by atoms with E-state index < -0.39 is 0 Å². The van der Waals surface area contributed by atoms with Gasteiger partial charge in [0.1, 0.15) is 11.9 Å². The normalized spacial score (nSPS) is 20.8. The zero-order valence-electron chi connectivity index (χ0n) is 7.36. The summed E-state index contributed by atoms with van der Waals surface area (Å²) in [6, 6.07) is -0.244. The van der Waals surface area contributed by atoms with Gasteiger partial charge < -0.3 is 9.30 Å². The van der Waals surface area contributed by atoms with Crippen molar-refractivity contribution in [1.82, 2.24) is 14.9 Å². The van der Waals surface area contributed by atoms with Crippen molar-refractivity contribution < 1.29 is 9.53 Å². The van der Waals surface area contributed by atoms with Crippen molar-refractivity contribution in [1.29, 1.82) is 0 Å². The number of aromatic nitrogens is 2. The van der Waals surface area contributed by atoms with Crippen LogP contribution in [0.1, 0.15) is 5.82 Å². The minimum absolute atomic E-state index is 0.223. The summed E-state index contributed by atoms with van der Waals surface area (Å²) in [7, 11) is 1.40. The molecule has 1 unspecified atom stereocenters. The molecule has 1 aromatic heterocycles. The Morgan fingerprint density at radius 1 is 1.85 bits per heavy atom. The van der Waals surface area contributed by atoms with Crippen molar-refractivity contribution >= 4 is 5.97 Å². The van der Waals surface area contributed by atoms with Crippen LogP contribution in [0.4, 0.5) is 0 Å². The predicted octanol–water partition coefficient (Wildman–Crippen LogP) is -0.472. The molecule has 1 atom stereocenters. The number of hydrogen-bond donors (Lipinski definition) is 1. The zero-order valence-corrected chi connectivity index (χ0v) is 7.36. The monoisotopic (exact) mass is 181 g/mol. The smallest absolute Gasteiger partial charge is 0.324 e. The number of nitrogens with zero attached hydrogens (tertiary/aromatic N) is 2. The maximum absolute atomic E-state index is 11.2. The summed E-state index contributed by atoms with van der Waals surface area (Å²) in [5.74, 6) is 0.736. The van der Waals surface area contributed by atoms with E-state index in [1.807, 2.05) is 10.8 Å². The van der Waals surface area contributed by atoms with Crippen LogP contribution in [0.3, 0.4) is 0 Å². The Balaban J connectivity index is 2.13. The molecule has 0 bridgehead atoms. The number of ether oxygens (including phenoxy) is 1. The molecule has 13 heavy (non-hydrogen) atoms. The van der Waals surface area contributed by atoms with E-state index in [2.05, 4.69) is 15.0 Å². The van der Waals surface area contributed by atoms with E-state index in [1.54, 1.807) is 6.20 Å². The second-order valence-corrected chi connectivity index (χ2v) is 2.95. The van der Waals surface area contributed by atoms with Gasteiger partial charge in [-0.25, -0.2) is 4.98 Å². The number of fused-ring (bicyclic) bond motifs is 1. The van der Waals surface area contributed by atoms with E-state index >= 15 is 0 Å². The Bertz CT molecular complexity index is 321. The second-order valence-electron chi connectivity index (χ2n) is 2.95. The average Bonchev–Trinajstić information content (AvgIpc) is 2.63. The quantitative estimate of drug-likeness (QED) is 0.595. The summed E-state index contributed by atoms with van der Waals surface area (Å²) >= 11 is 0. The van der Waals surface area contributed by atoms with Crippen molar-refractivity contribution in [3.63, 3.8) is 0 Å². The van der Waals surface area contributed by atoms with Crippen molar-refractivity contribution in [2.45, 2.75) is 19.1 Å². The van der Waals surface area contributed by atoms with Crippen molar-refractivity contribution in [3.05, 3.63) is 18.2 Å². The molecular weight excluding hydrogens is 170 g/mol. The fraction of sp³-hybridized carbons (Fsp3) is 0.500. The van der Waals surface area contributed by atoms with Crippen LogP contribution in [-0.2, 0) is 22.6 Å². The number of imidazole rings is 1. The lowest BCUT2D eigenvalue weighted by atomic mass is 10.2. The highest BCUT2D eigenvalue weighted by Gasteiger charge is 2.24. The van der Waals surface area contributed by atoms with Gasteiger partial charge in [-0.3, -0.25) is 10.1 Å². The predicted molar refractivity (Wildman–Crippen MR) is 44.9 cm³/mol. The average molecular weight is 181 g/mol. The van der Waals surface area contributed by atoms with Crippen LogP contribution in [0.25, 0.3) is 0 Å². The molecule has 0 aromatic carbocycles. The zero-order chi connectivity index (χ0) is 9.26. The van der Waals surface area contributed by atoms with Gasteiger partial charge in [-0.1, -0.05) is 0 Å². The standard InChI is InChI=1S/C8H11N3O2/c1-13-8(12)6-5-11-3-2-9-7(11)4-10-6/h2-3,6,10H,4-5H2,1H3. The van der Waals surface area contributed by atoms with Crippen LogP contribution in [0, 0.1) is 0 Å². The fourth-order valence-electron chi connectivity index (χ4n) is 1.45. The first-order chi connectivity index (χ1) is 6.31. The SMILES string of the molecule is COC(=O)C1Cn2ccnc2CN1. The lowest BCUT2D eigenvalue weighted by Gasteiger charge is -2.22. The van der Waals surface area contributed by atoms with E-state index in [-0.39, 0.29) is 12.0 Å². The van der Waals surface area contributed by atoms with Gasteiger partial charge in [0.25, 0.3) is 0 Å². The molecule has 0 fully saturated rings. The third-order valence-corrected chi connectivity index (χ3v) is 2.17. The van der Waals surface area contributed by atoms with Gasteiger partial charge >= 0.3 is 5.97 Å². The third kappa shape index (κ3) is 1.42. The lowest BCUT2D eigenvalue weighted by molar-refractivity contribution is -0.143. The van der Waals surface area contributed by atoms with E-state index in [4.69, 9.17) is 0 Å². The molecule has 5 nitrogen and oxygen atoms in total. The van der Waals surface area contributed by atoms with Crippen LogP contribution in [0.15, 0.2) is 12.4 Å². The van der Waals surface area contributed by atoms with Gasteiger partial charge in [0, 0.05) is 18.9 Å². The molecule has 0 saturated heterocycles. The number of esters is 1. The van der Waals surface area contributed by atoms with Crippen molar-refractivity contribution in [2.24, 2.45) is 0 Å². The van der Waals surface area contributed by atoms with Gasteiger partial charge in [0.2, 0.25) is 0 Å². The summed E-state index contributed by atoms with van der Waals surface area (Å²) in [6.07, 6.45) is 3.60. The molecule has 2 heterocycles. The number of methoxy groups -OCH3 is 1. The molecule has 0 amide bonds. The van der Waals surface area contributed by atoms with Crippen molar-refractivity contribution in [2.75, 3.05) is 7.11 Å². The molecule has 1 aliphatic rings. The Morgan fingerprint density at radius 3 is 3.46 bits per heavy atom. The van der Waals surface area contributed by atoms with Crippen LogP contribution >= 0.6 is 0 Å². The number of nitrogens with one attached hydrogen (secondary N) is 1. The Morgan fingerprint density at radius 2 is 2.69 bits per heavy atom. The highest BCUT2D eigenvalue weighted by atomic mass is 16.5. The molecular formula is C8H11N3O2. The van der Waals surface area contributed by atoms with E-state index in [0.717, 1.165) is 5.82 Å². The van der Waals surface area contributed by atoms with Gasteiger partial charge in [0.15, 0.2) is 0 Å². The summed E-state index contributed by atoms with van der Waals surface area (Å²) in [5.41, 5.74) is 0. The van der Waals surface area contributed by atoms with Gasteiger partial charge in [-0.15, -0.1) is 0 Å². The Hall–Kier alpha value is -1.36. The molecule has 1 aliphatic heterocycles. The van der Waals surface area contributed by atoms with E-state index in [9.17, 15) is 4.79 Å². The fourth-order valence-corrected chi connectivity index (χ4v) is 1.45. The highest BCUT2D eigenvalue weighted by Crippen LogP contribution is 2.07. The summed E-state index contributed by atoms with van der Waals surface area (Å²) in [6.45, 7) is 1.22. The number of hydrogen-bond acceptors (Lipinski definition) is 4. The largest absolute Gasteiger partial charge is 0.468 e. The molecule has 70 valence electrons. The molecule has 1 aromatic rings. The maximum Gasteiger partial charge on any atom is 0.324 e. The maximum atomic E-state index is 11.2. The highest BCUT2D eigenvalue weighted by molar-refractivity contribution is 5.75. The molecule has 1 N–H and O–H groups in total. The van der Waals surface area contributed by atoms with Gasteiger partial charge in [-0.05, 0) is 0 Å². The minimum Gasteiger partial charge on any atom is -0.468 e. The van der Waals surface area contributed by atoms with Crippen LogP contribution in [0.2, 0.25) is 0 Å². The summed E-state index contributed by atoms with van der Waals surface area (Å²) in [5, 5.41) is 3.05. The topological polar surface area (TPSA) is 56.2 Å². The molecule has 5 heteroatoms. The first-order valence-electron chi connectivity index (χ1n) is 4.12. The van der Waals surface area contributed by atoms with Crippen molar-refractivity contribution in [3.8, 4) is 0 Å². The lowest BCUT2D eigenvalue weighted by Crippen LogP contribution is -2.44. The summed E-state index contributed by atoms with van der Waals surface area (Å²) < 4.78 is 6.60. The molecule has 0 radical (unpaired) electrons. The Labute approximate surface area is 75.7 Å². The first kappa shape index (κ1) is 8.25. The van der Waals surface area contributed by atoms with Crippen LogP contribution in [-0.4, -0.2) is 28.7 Å². The van der Waals surface area contributed by atoms with E-state index in [1.165, 1.54) is 7.11 Å². The number of carbonyl (C=O) groups is 1. The third-order valence-electron chi connectivity index (χ3n) is 2.17. The number of rotatable bonds is 1. The minimum atomic E-state index is -0.244. The van der Waals surface area contributed by atoms with Crippen LogP contribution in [0.5, 0.6) is 0 Å². The number of carbonyl (C=O) groups excluding carboxylic acids is 1. The molecule has 0 saturated carbocycles. The van der Waals surface area contributed by atoms with Gasteiger partial charge in [0.05, 0.1) is 13.7 Å². The second kappa shape index (κ2) is 3.18. The Kier molecular flexibility index (Phi) is 2.02. The summed E-state index contributed by atoms with van der Waals surface area (Å²) in [4.78, 5) is 15.3. The molecule has 2 rings (SSSR count).